The molecule has 0 fully saturated rings. The van der Waals surface area contributed by atoms with Crippen molar-refractivity contribution in [3.63, 3.8) is 0 Å². The van der Waals surface area contributed by atoms with E-state index in [1.54, 1.807) is 4.57 Å². The molecule has 1 heterocycles. The minimum atomic E-state index is 0.00940. The Morgan fingerprint density at radius 1 is 1.32 bits per heavy atom. The number of aromatic amines is 1. The van der Waals surface area contributed by atoms with Crippen molar-refractivity contribution in [1.29, 1.82) is 0 Å². The van der Waals surface area contributed by atoms with Crippen molar-refractivity contribution in [3.8, 4) is 0 Å². The summed E-state index contributed by atoms with van der Waals surface area (Å²) in [4.78, 5) is 15.7. The number of nitrogens with zero attached hydrogens (tertiary/aromatic N) is 1. The van der Waals surface area contributed by atoms with E-state index in [-0.39, 0.29) is 11.6 Å². The highest BCUT2D eigenvalue weighted by Crippen LogP contribution is 2.19. The molecule has 1 aromatic heterocycles. The Morgan fingerprint density at radius 2 is 2.00 bits per heavy atom. The van der Waals surface area contributed by atoms with Gasteiger partial charge in [0.05, 0.1) is 10.9 Å². The zero-order valence-electron chi connectivity index (χ0n) is 11.6. The van der Waals surface area contributed by atoms with E-state index in [1.807, 2.05) is 24.3 Å². The Kier molecular flexibility index (Phi) is 4.20. The molecule has 0 bridgehead atoms. The lowest BCUT2D eigenvalue weighted by atomic mass is 10.0. The van der Waals surface area contributed by atoms with Crippen LogP contribution >= 0.6 is 12.2 Å². The largest absolute Gasteiger partial charge is 0.332 e. The molecule has 2 aromatic rings. The number of aromatic nitrogens is 2. The first-order chi connectivity index (χ1) is 9.04. The third kappa shape index (κ3) is 2.78. The van der Waals surface area contributed by atoms with Crippen LogP contribution in [0.5, 0.6) is 0 Å². The van der Waals surface area contributed by atoms with E-state index in [0.717, 1.165) is 18.4 Å². The summed E-state index contributed by atoms with van der Waals surface area (Å²) < 4.78 is 2.23. The molecule has 19 heavy (non-hydrogen) atoms. The molecule has 0 saturated carbocycles. The molecule has 0 saturated heterocycles. The van der Waals surface area contributed by atoms with Crippen LogP contribution in [-0.2, 0) is 0 Å². The first-order valence-electron chi connectivity index (χ1n) is 6.78. The van der Waals surface area contributed by atoms with E-state index >= 15 is 0 Å². The fourth-order valence-electron chi connectivity index (χ4n) is 2.43. The Morgan fingerprint density at radius 3 is 2.68 bits per heavy atom. The van der Waals surface area contributed by atoms with Crippen molar-refractivity contribution in [2.24, 2.45) is 5.92 Å². The van der Waals surface area contributed by atoms with Crippen LogP contribution in [0, 0.1) is 10.7 Å². The van der Waals surface area contributed by atoms with Gasteiger partial charge in [-0.1, -0.05) is 32.4 Å². The Bertz CT molecular complexity index is 686. The molecule has 1 N–H and O–H groups in total. The molecule has 0 aliphatic carbocycles. The molecular formula is C15H20N2OS. The second kappa shape index (κ2) is 5.70. The zero-order chi connectivity index (χ0) is 14.0. The third-order valence-corrected chi connectivity index (χ3v) is 4.02. The lowest BCUT2D eigenvalue weighted by Gasteiger charge is -2.19. The number of H-pyrrole nitrogens is 1. The molecule has 4 heteroatoms. The summed E-state index contributed by atoms with van der Waals surface area (Å²) in [6.07, 6.45) is 2.08. The first kappa shape index (κ1) is 14.0. The summed E-state index contributed by atoms with van der Waals surface area (Å²) in [5.74, 6) is 0.586. The number of para-hydroxylation sites is 1. The van der Waals surface area contributed by atoms with E-state index in [4.69, 9.17) is 12.2 Å². The van der Waals surface area contributed by atoms with E-state index in [2.05, 4.69) is 25.8 Å². The Labute approximate surface area is 118 Å². The van der Waals surface area contributed by atoms with Gasteiger partial charge in [0.15, 0.2) is 4.77 Å². The van der Waals surface area contributed by atoms with Gasteiger partial charge in [-0.3, -0.25) is 9.36 Å². The minimum Gasteiger partial charge on any atom is -0.332 e. The molecule has 0 aliphatic rings. The predicted molar refractivity (Wildman–Crippen MR) is 82.2 cm³/mol. The van der Waals surface area contributed by atoms with Gasteiger partial charge in [0, 0.05) is 6.04 Å². The van der Waals surface area contributed by atoms with Crippen LogP contribution in [-0.4, -0.2) is 9.55 Å². The second-order valence-corrected chi connectivity index (χ2v) is 5.64. The topological polar surface area (TPSA) is 37.8 Å². The molecule has 0 amide bonds. The number of benzene rings is 1. The average Bonchev–Trinajstić information content (AvgIpc) is 2.38. The summed E-state index contributed by atoms with van der Waals surface area (Å²) >= 11 is 5.34. The van der Waals surface area contributed by atoms with Gasteiger partial charge >= 0.3 is 0 Å². The van der Waals surface area contributed by atoms with Crippen molar-refractivity contribution < 1.29 is 0 Å². The van der Waals surface area contributed by atoms with Crippen molar-refractivity contribution >= 4 is 23.1 Å². The number of fused-ring (bicyclic) bond motifs is 1. The van der Waals surface area contributed by atoms with Crippen LogP contribution in [0.25, 0.3) is 10.9 Å². The third-order valence-electron chi connectivity index (χ3n) is 3.72. The predicted octanol–water partition coefficient (Wildman–Crippen LogP) is 4.06. The Hall–Kier alpha value is -1.42. The monoisotopic (exact) mass is 276 g/mol. The first-order valence-corrected chi connectivity index (χ1v) is 7.19. The van der Waals surface area contributed by atoms with Gasteiger partial charge < -0.3 is 4.98 Å². The molecular weight excluding hydrogens is 256 g/mol. The molecule has 0 radical (unpaired) electrons. The normalized spacial score (nSPS) is 14.5. The highest BCUT2D eigenvalue weighted by atomic mass is 32.1. The second-order valence-electron chi connectivity index (χ2n) is 5.25. The summed E-state index contributed by atoms with van der Waals surface area (Å²) in [6, 6.07) is 7.63. The van der Waals surface area contributed by atoms with Gasteiger partial charge in [0.2, 0.25) is 0 Å². The smallest absolute Gasteiger partial charge is 0.262 e. The van der Waals surface area contributed by atoms with Crippen LogP contribution in [0.3, 0.4) is 0 Å². The van der Waals surface area contributed by atoms with Gasteiger partial charge in [-0.2, -0.15) is 0 Å². The Balaban J connectivity index is 2.55. The fourth-order valence-corrected chi connectivity index (χ4v) is 2.80. The number of hydrogen-bond donors (Lipinski definition) is 1. The van der Waals surface area contributed by atoms with E-state index in [0.29, 0.717) is 16.1 Å². The van der Waals surface area contributed by atoms with Crippen LogP contribution < -0.4 is 5.56 Å². The maximum Gasteiger partial charge on any atom is 0.262 e. The summed E-state index contributed by atoms with van der Waals surface area (Å²) in [5.41, 5.74) is 0.819. The van der Waals surface area contributed by atoms with Gasteiger partial charge in [-0.05, 0) is 43.6 Å². The van der Waals surface area contributed by atoms with Crippen molar-refractivity contribution in [3.05, 3.63) is 39.4 Å². The highest BCUT2D eigenvalue weighted by Gasteiger charge is 2.13. The molecule has 0 aliphatic heterocycles. The SMILES string of the molecule is CCC(C)CC(C)n1c(=S)[nH]c2ccccc2c1=O. The molecule has 102 valence electrons. The quantitative estimate of drug-likeness (QED) is 0.855. The molecule has 1 aromatic carbocycles. The standard InChI is InChI=1S/C15H20N2OS/c1-4-10(2)9-11(3)17-14(18)12-7-5-6-8-13(12)16-15(17)19/h5-8,10-11H,4,9H2,1-3H3,(H,16,19). The highest BCUT2D eigenvalue weighted by molar-refractivity contribution is 7.71. The van der Waals surface area contributed by atoms with Crippen LogP contribution in [0.15, 0.2) is 29.1 Å². The molecule has 3 nitrogen and oxygen atoms in total. The average molecular weight is 276 g/mol. The molecule has 0 spiro atoms. The lowest BCUT2D eigenvalue weighted by Crippen LogP contribution is -2.26. The summed E-state index contributed by atoms with van der Waals surface area (Å²) in [5, 5.41) is 0.701. The lowest BCUT2D eigenvalue weighted by molar-refractivity contribution is 0.387. The minimum absolute atomic E-state index is 0.00940. The maximum atomic E-state index is 12.5. The van der Waals surface area contributed by atoms with Crippen molar-refractivity contribution in [1.82, 2.24) is 9.55 Å². The van der Waals surface area contributed by atoms with Crippen molar-refractivity contribution in [2.75, 3.05) is 0 Å². The fraction of sp³-hybridized carbons (Fsp3) is 0.467. The van der Waals surface area contributed by atoms with Crippen LogP contribution in [0.1, 0.15) is 39.7 Å². The number of nitrogens with one attached hydrogen (secondary N) is 1. The van der Waals surface area contributed by atoms with Gasteiger partial charge in [-0.25, -0.2) is 0 Å². The molecule has 2 atom stereocenters. The van der Waals surface area contributed by atoms with Crippen LogP contribution in [0.4, 0.5) is 0 Å². The van der Waals surface area contributed by atoms with Gasteiger partial charge in [-0.15, -0.1) is 0 Å². The number of hydrogen-bond acceptors (Lipinski definition) is 2. The van der Waals surface area contributed by atoms with Gasteiger partial charge in [0.25, 0.3) is 5.56 Å². The number of rotatable bonds is 4. The van der Waals surface area contributed by atoms with E-state index < -0.39 is 0 Å². The maximum absolute atomic E-state index is 12.5. The summed E-state index contributed by atoms with van der Waals surface area (Å²) in [6.45, 7) is 6.43. The van der Waals surface area contributed by atoms with Crippen LogP contribution in [0.2, 0.25) is 0 Å². The zero-order valence-corrected chi connectivity index (χ0v) is 12.5. The van der Waals surface area contributed by atoms with Gasteiger partial charge in [0.1, 0.15) is 0 Å². The molecule has 2 rings (SSSR count). The van der Waals surface area contributed by atoms with E-state index in [9.17, 15) is 4.79 Å². The van der Waals surface area contributed by atoms with Crippen molar-refractivity contribution in [2.45, 2.75) is 39.7 Å². The summed E-state index contributed by atoms with van der Waals surface area (Å²) in [7, 11) is 0. The molecule has 2 unspecified atom stereocenters. The van der Waals surface area contributed by atoms with E-state index in [1.165, 1.54) is 0 Å².